The molecule has 1 fully saturated rings. The largest absolute Gasteiger partial charge is 0.465 e. The number of hydrogen-bond donors (Lipinski definition) is 1. The Morgan fingerprint density at radius 2 is 2.15 bits per heavy atom. The van der Waals surface area contributed by atoms with Crippen LogP contribution in [0.3, 0.4) is 0 Å². The molecule has 0 unspecified atom stereocenters. The minimum Gasteiger partial charge on any atom is -0.465 e. The summed E-state index contributed by atoms with van der Waals surface area (Å²) in [5.74, 6) is 0.478. The van der Waals surface area contributed by atoms with Crippen molar-refractivity contribution in [2.45, 2.75) is 18.9 Å². The van der Waals surface area contributed by atoms with Crippen LogP contribution in [0.4, 0.5) is 16.3 Å². The van der Waals surface area contributed by atoms with E-state index in [1.165, 1.54) is 15.8 Å². The number of carboxylic acid groups (broad SMARTS) is 1. The summed E-state index contributed by atoms with van der Waals surface area (Å²) in [4.78, 5) is 24.6. The second-order valence-corrected chi connectivity index (χ2v) is 4.85. The zero-order valence-electron chi connectivity index (χ0n) is 11.4. The Bertz CT molecular complexity index is 521. The Labute approximate surface area is 115 Å². The van der Waals surface area contributed by atoms with Crippen LogP contribution in [0.2, 0.25) is 0 Å². The molecule has 1 N–H and O–H groups in total. The van der Waals surface area contributed by atoms with Crippen LogP contribution in [-0.4, -0.2) is 57.0 Å². The van der Waals surface area contributed by atoms with Gasteiger partial charge in [0.2, 0.25) is 5.82 Å². The van der Waals surface area contributed by atoms with E-state index < -0.39 is 11.0 Å². The van der Waals surface area contributed by atoms with Crippen LogP contribution < -0.4 is 4.90 Å². The fourth-order valence-electron chi connectivity index (χ4n) is 2.54. The van der Waals surface area contributed by atoms with Crippen molar-refractivity contribution in [2.24, 2.45) is 7.05 Å². The summed E-state index contributed by atoms with van der Waals surface area (Å²) >= 11 is 0. The number of nitro groups is 1. The second-order valence-electron chi connectivity index (χ2n) is 4.85. The van der Waals surface area contributed by atoms with Crippen molar-refractivity contribution in [3.05, 3.63) is 16.3 Å². The van der Waals surface area contributed by atoms with Gasteiger partial charge in [0.25, 0.3) is 0 Å². The van der Waals surface area contributed by atoms with Crippen LogP contribution >= 0.6 is 0 Å². The quantitative estimate of drug-likeness (QED) is 0.653. The number of nitrogens with zero attached hydrogens (tertiary/aromatic N) is 5. The molecule has 0 atom stereocenters. The van der Waals surface area contributed by atoms with E-state index in [0.29, 0.717) is 31.7 Å². The van der Waals surface area contributed by atoms with E-state index in [4.69, 9.17) is 5.11 Å². The number of piperidine rings is 1. The first-order valence-corrected chi connectivity index (χ1v) is 6.29. The second kappa shape index (κ2) is 5.35. The van der Waals surface area contributed by atoms with E-state index >= 15 is 0 Å². The molecule has 9 heteroatoms. The Balaban J connectivity index is 2.10. The molecule has 1 aliphatic heterocycles. The monoisotopic (exact) mass is 283 g/mol. The van der Waals surface area contributed by atoms with Crippen molar-refractivity contribution in [3.63, 3.8) is 0 Å². The van der Waals surface area contributed by atoms with Gasteiger partial charge in [-0.15, -0.1) is 0 Å². The lowest BCUT2D eigenvalue weighted by Gasteiger charge is -2.36. The average molecular weight is 283 g/mol. The molecular formula is C11H17N5O4. The summed E-state index contributed by atoms with van der Waals surface area (Å²) in [7, 11) is 3.22. The molecule has 1 amide bonds. The molecule has 1 aromatic heterocycles. The molecule has 0 radical (unpaired) electrons. The molecule has 0 saturated carbocycles. The first kappa shape index (κ1) is 14.1. The van der Waals surface area contributed by atoms with E-state index in [1.54, 1.807) is 14.1 Å². The highest BCUT2D eigenvalue weighted by atomic mass is 16.6. The predicted molar refractivity (Wildman–Crippen MR) is 70.9 cm³/mol. The molecule has 0 bridgehead atoms. The van der Waals surface area contributed by atoms with E-state index in [9.17, 15) is 14.9 Å². The van der Waals surface area contributed by atoms with Crippen LogP contribution in [0, 0.1) is 10.1 Å². The third kappa shape index (κ3) is 2.51. The van der Waals surface area contributed by atoms with Crippen molar-refractivity contribution in [3.8, 4) is 0 Å². The lowest BCUT2D eigenvalue weighted by Crippen LogP contribution is -2.45. The Hall–Kier alpha value is -2.32. The molecule has 0 aliphatic carbocycles. The number of aromatic nitrogens is 2. The molecule has 20 heavy (non-hydrogen) atoms. The lowest BCUT2D eigenvalue weighted by molar-refractivity contribution is -0.384. The minimum atomic E-state index is -0.949. The van der Waals surface area contributed by atoms with E-state index in [-0.39, 0.29) is 11.7 Å². The van der Waals surface area contributed by atoms with Crippen molar-refractivity contribution >= 4 is 17.6 Å². The van der Waals surface area contributed by atoms with Gasteiger partial charge in [-0.25, -0.2) is 9.48 Å². The lowest BCUT2D eigenvalue weighted by atomic mass is 10.0. The molecule has 1 aromatic rings. The highest BCUT2D eigenvalue weighted by Gasteiger charge is 2.30. The normalized spacial score (nSPS) is 16.2. The number of amides is 1. The standard InChI is InChI=1S/C11H17N5O4/c1-13(11(17)18)8-3-5-15(6-4-8)10-9(16(19)20)7-12-14(10)2/h7-8H,3-6H2,1-2H3,(H,17,18). The summed E-state index contributed by atoms with van der Waals surface area (Å²) in [5.41, 5.74) is -0.0162. The van der Waals surface area contributed by atoms with Crippen molar-refractivity contribution in [1.29, 1.82) is 0 Å². The molecular weight excluding hydrogens is 266 g/mol. The Morgan fingerprint density at radius 1 is 1.55 bits per heavy atom. The maximum Gasteiger partial charge on any atom is 0.407 e. The zero-order valence-corrected chi connectivity index (χ0v) is 11.4. The van der Waals surface area contributed by atoms with Crippen molar-refractivity contribution < 1.29 is 14.8 Å². The first-order valence-electron chi connectivity index (χ1n) is 6.29. The van der Waals surface area contributed by atoms with Gasteiger partial charge in [-0.2, -0.15) is 5.10 Å². The third-order valence-corrected chi connectivity index (χ3v) is 3.70. The molecule has 9 nitrogen and oxygen atoms in total. The molecule has 0 spiro atoms. The Kier molecular flexibility index (Phi) is 3.77. The molecule has 0 aromatic carbocycles. The zero-order chi connectivity index (χ0) is 14.9. The van der Waals surface area contributed by atoms with Crippen LogP contribution in [0.15, 0.2) is 6.20 Å². The smallest absolute Gasteiger partial charge is 0.407 e. The van der Waals surface area contributed by atoms with Gasteiger partial charge in [-0.1, -0.05) is 0 Å². The van der Waals surface area contributed by atoms with Gasteiger partial charge < -0.3 is 14.9 Å². The molecule has 2 heterocycles. The minimum absolute atomic E-state index is 0.0162. The summed E-state index contributed by atoms with van der Waals surface area (Å²) < 4.78 is 1.49. The molecule has 1 saturated heterocycles. The van der Waals surface area contributed by atoms with E-state index in [0.717, 1.165) is 0 Å². The van der Waals surface area contributed by atoms with Gasteiger partial charge in [0.15, 0.2) is 0 Å². The van der Waals surface area contributed by atoms with Gasteiger partial charge >= 0.3 is 11.8 Å². The molecule has 2 rings (SSSR count). The number of aryl methyl sites for hydroxylation is 1. The van der Waals surface area contributed by atoms with Crippen molar-refractivity contribution in [1.82, 2.24) is 14.7 Å². The molecule has 1 aliphatic rings. The molecule has 110 valence electrons. The highest BCUT2D eigenvalue weighted by Crippen LogP contribution is 2.30. The van der Waals surface area contributed by atoms with E-state index in [2.05, 4.69) is 5.10 Å². The summed E-state index contributed by atoms with van der Waals surface area (Å²) in [6.07, 6.45) is 1.58. The average Bonchev–Trinajstić information content (AvgIpc) is 2.80. The number of carbonyl (C=O) groups is 1. The first-order chi connectivity index (χ1) is 9.41. The van der Waals surface area contributed by atoms with Crippen LogP contribution in [0.25, 0.3) is 0 Å². The topological polar surface area (TPSA) is 105 Å². The van der Waals surface area contributed by atoms with Crippen molar-refractivity contribution in [2.75, 3.05) is 25.0 Å². The van der Waals surface area contributed by atoms with Gasteiger partial charge in [0.1, 0.15) is 6.20 Å². The highest BCUT2D eigenvalue weighted by molar-refractivity contribution is 5.65. The summed E-state index contributed by atoms with van der Waals surface area (Å²) in [6, 6.07) is -0.0453. The maximum absolute atomic E-state index is 11.0. The predicted octanol–water partition coefficient (Wildman–Crippen LogP) is 0.907. The third-order valence-electron chi connectivity index (χ3n) is 3.70. The fourth-order valence-corrected chi connectivity index (χ4v) is 2.54. The Morgan fingerprint density at radius 3 is 2.65 bits per heavy atom. The van der Waals surface area contributed by atoms with Crippen LogP contribution in [0.5, 0.6) is 0 Å². The van der Waals surface area contributed by atoms with Crippen LogP contribution in [-0.2, 0) is 7.05 Å². The summed E-state index contributed by atoms with van der Waals surface area (Å²) in [5, 5.41) is 23.9. The van der Waals surface area contributed by atoms with E-state index in [1.807, 2.05) is 4.90 Å². The number of rotatable bonds is 3. The SMILES string of the molecule is CN(C(=O)O)C1CCN(c2c([N+](=O)[O-])cnn2C)CC1. The van der Waals surface area contributed by atoms with Gasteiger partial charge in [0.05, 0.1) is 4.92 Å². The number of hydrogen-bond acceptors (Lipinski definition) is 5. The van der Waals surface area contributed by atoms with Gasteiger partial charge in [0, 0.05) is 33.2 Å². The number of anilines is 1. The fraction of sp³-hybridized carbons (Fsp3) is 0.636. The maximum atomic E-state index is 11.0. The van der Waals surface area contributed by atoms with Gasteiger partial charge in [-0.3, -0.25) is 10.1 Å². The van der Waals surface area contributed by atoms with Crippen LogP contribution in [0.1, 0.15) is 12.8 Å². The van der Waals surface area contributed by atoms with Gasteiger partial charge in [-0.05, 0) is 12.8 Å². The summed E-state index contributed by atoms with van der Waals surface area (Å²) in [6.45, 7) is 1.14.